The molecular formula is C18H13N5O3. The molecule has 0 aliphatic rings. The molecular weight excluding hydrogens is 334 g/mol. The zero-order chi connectivity index (χ0) is 18.1. The molecule has 0 radical (unpaired) electrons. The van der Waals surface area contributed by atoms with Crippen molar-refractivity contribution in [1.29, 1.82) is 0 Å². The molecule has 0 amide bonds. The number of nitro benzene ring substituents is 1. The molecule has 2 heterocycles. The molecule has 1 N–H and O–H groups in total. The molecule has 4 aromatic rings. The van der Waals surface area contributed by atoms with Gasteiger partial charge in [-0.15, -0.1) is 0 Å². The Balaban J connectivity index is 1.65. The van der Waals surface area contributed by atoms with Crippen LogP contribution in [0, 0.1) is 17.0 Å². The number of nitrogens with zero attached hydrogens (tertiary/aromatic N) is 4. The van der Waals surface area contributed by atoms with Gasteiger partial charge in [0, 0.05) is 22.6 Å². The van der Waals surface area contributed by atoms with Crippen LogP contribution in [0.4, 0.5) is 11.5 Å². The van der Waals surface area contributed by atoms with Crippen LogP contribution in [-0.2, 0) is 0 Å². The SMILES string of the molecule is Cc1ccc(/C=N\Nc2ncnc3c2oc2ccccc23)cc1[N+](=O)[O-]. The lowest BCUT2D eigenvalue weighted by atomic mass is 10.1. The summed E-state index contributed by atoms with van der Waals surface area (Å²) in [4.78, 5) is 19.0. The number of furan rings is 1. The highest BCUT2D eigenvalue weighted by Crippen LogP contribution is 2.30. The second-order valence-corrected chi connectivity index (χ2v) is 5.67. The van der Waals surface area contributed by atoms with E-state index in [0.717, 1.165) is 5.39 Å². The van der Waals surface area contributed by atoms with Crippen molar-refractivity contribution in [1.82, 2.24) is 9.97 Å². The van der Waals surface area contributed by atoms with Crippen LogP contribution < -0.4 is 5.43 Å². The van der Waals surface area contributed by atoms with E-state index in [0.29, 0.717) is 33.6 Å². The fraction of sp³-hybridized carbons (Fsp3) is 0.0556. The molecule has 2 aromatic carbocycles. The standard InChI is InChI=1S/C18H13N5O3/c1-11-6-7-12(8-14(11)23(24)25)9-21-22-18-17-16(19-10-20-18)13-4-2-3-5-15(13)26-17/h2-10H,1H3,(H,19,20,22)/b21-9-. The second-order valence-electron chi connectivity index (χ2n) is 5.67. The van der Waals surface area contributed by atoms with Gasteiger partial charge in [0.25, 0.3) is 5.69 Å². The summed E-state index contributed by atoms with van der Waals surface area (Å²) in [5.41, 5.74) is 5.97. The third kappa shape index (κ3) is 2.73. The Morgan fingerprint density at radius 3 is 2.92 bits per heavy atom. The third-order valence-corrected chi connectivity index (χ3v) is 3.97. The average molecular weight is 347 g/mol. The van der Waals surface area contributed by atoms with Crippen LogP contribution >= 0.6 is 0 Å². The first-order valence-corrected chi connectivity index (χ1v) is 7.80. The zero-order valence-corrected chi connectivity index (χ0v) is 13.7. The summed E-state index contributed by atoms with van der Waals surface area (Å²) < 4.78 is 5.80. The van der Waals surface area contributed by atoms with Gasteiger partial charge in [-0.3, -0.25) is 15.5 Å². The van der Waals surface area contributed by atoms with Crippen LogP contribution in [-0.4, -0.2) is 21.1 Å². The molecule has 0 aliphatic carbocycles. The molecule has 26 heavy (non-hydrogen) atoms. The van der Waals surface area contributed by atoms with Gasteiger partial charge in [0.05, 0.1) is 11.1 Å². The smallest absolute Gasteiger partial charge is 0.272 e. The van der Waals surface area contributed by atoms with Gasteiger partial charge < -0.3 is 4.42 Å². The Bertz CT molecular complexity index is 1170. The molecule has 0 bridgehead atoms. The number of aromatic nitrogens is 2. The molecule has 8 heteroatoms. The summed E-state index contributed by atoms with van der Waals surface area (Å²) in [6.07, 6.45) is 2.92. The predicted octanol–water partition coefficient (Wildman–Crippen LogP) is 4.04. The Morgan fingerprint density at radius 1 is 1.23 bits per heavy atom. The van der Waals surface area contributed by atoms with Crippen molar-refractivity contribution >= 4 is 39.8 Å². The Hall–Kier alpha value is -3.81. The van der Waals surface area contributed by atoms with Crippen LogP contribution in [0.5, 0.6) is 0 Å². The summed E-state index contributed by atoms with van der Waals surface area (Å²) >= 11 is 0. The van der Waals surface area contributed by atoms with E-state index in [1.807, 2.05) is 24.3 Å². The number of nitrogens with one attached hydrogen (secondary N) is 1. The first kappa shape index (κ1) is 15.7. The molecule has 128 valence electrons. The van der Waals surface area contributed by atoms with Crippen molar-refractivity contribution in [2.75, 3.05) is 5.43 Å². The summed E-state index contributed by atoms with van der Waals surface area (Å²) in [7, 11) is 0. The normalized spacial score (nSPS) is 11.4. The van der Waals surface area contributed by atoms with Crippen molar-refractivity contribution in [2.45, 2.75) is 6.92 Å². The summed E-state index contributed by atoms with van der Waals surface area (Å²) in [6.45, 7) is 1.69. The van der Waals surface area contributed by atoms with Crippen LogP contribution in [0.25, 0.3) is 22.1 Å². The minimum absolute atomic E-state index is 0.0515. The molecule has 2 aromatic heterocycles. The fourth-order valence-corrected chi connectivity index (χ4v) is 2.67. The lowest BCUT2D eigenvalue weighted by molar-refractivity contribution is -0.385. The highest BCUT2D eigenvalue weighted by Gasteiger charge is 2.12. The van der Waals surface area contributed by atoms with Gasteiger partial charge in [0.1, 0.15) is 17.4 Å². The lowest BCUT2D eigenvalue weighted by Gasteiger charge is -2.00. The van der Waals surface area contributed by atoms with E-state index in [1.165, 1.54) is 18.6 Å². The van der Waals surface area contributed by atoms with Crippen molar-refractivity contribution in [2.24, 2.45) is 5.10 Å². The lowest BCUT2D eigenvalue weighted by Crippen LogP contribution is -1.96. The zero-order valence-electron chi connectivity index (χ0n) is 13.7. The first-order chi connectivity index (χ1) is 12.6. The van der Waals surface area contributed by atoms with Crippen LogP contribution in [0.15, 0.2) is 58.3 Å². The van der Waals surface area contributed by atoms with Crippen molar-refractivity contribution in [3.8, 4) is 0 Å². The molecule has 4 rings (SSSR count). The monoisotopic (exact) mass is 347 g/mol. The molecule has 0 fully saturated rings. The summed E-state index contributed by atoms with van der Waals surface area (Å²) in [5.74, 6) is 0.420. The van der Waals surface area contributed by atoms with Gasteiger partial charge in [-0.1, -0.05) is 24.3 Å². The maximum absolute atomic E-state index is 11.0. The minimum atomic E-state index is -0.414. The van der Waals surface area contributed by atoms with Gasteiger partial charge in [-0.05, 0) is 19.1 Å². The number of hydrazone groups is 1. The van der Waals surface area contributed by atoms with Crippen molar-refractivity contribution in [3.05, 3.63) is 70.0 Å². The summed E-state index contributed by atoms with van der Waals surface area (Å²) in [5, 5.41) is 16.0. The van der Waals surface area contributed by atoms with E-state index in [9.17, 15) is 10.1 Å². The number of hydrogen-bond acceptors (Lipinski definition) is 7. The van der Waals surface area contributed by atoms with Crippen LogP contribution in [0.3, 0.4) is 0 Å². The molecule has 0 atom stereocenters. The van der Waals surface area contributed by atoms with E-state index >= 15 is 0 Å². The number of para-hydroxylation sites is 1. The van der Waals surface area contributed by atoms with E-state index in [-0.39, 0.29) is 5.69 Å². The Kier molecular flexibility index (Phi) is 3.77. The molecule has 0 unspecified atom stereocenters. The van der Waals surface area contributed by atoms with Gasteiger partial charge >= 0.3 is 0 Å². The minimum Gasteiger partial charge on any atom is -0.450 e. The Labute approximate surface area is 147 Å². The highest BCUT2D eigenvalue weighted by atomic mass is 16.6. The number of aryl methyl sites for hydroxylation is 1. The van der Waals surface area contributed by atoms with Gasteiger partial charge in [0.2, 0.25) is 0 Å². The van der Waals surface area contributed by atoms with E-state index in [2.05, 4.69) is 20.5 Å². The van der Waals surface area contributed by atoms with Crippen molar-refractivity contribution < 1.29 is 9.34 Å². The number of benzene rings is 2. The molecule has 0 saturated heterocycles. The first-order valence-electron chi connectivity index (χ1n) is 7.80. The number of nitro groups is 1. The van der Waals surface area contributed by atoms with E-state index < -0.39 is 4.92 Å². The second kappa shape index (κ2) is 6.25. The number of hydrogen-bond donors (Lipinski definition) is 1. The maximum Gasteiger partial charge on any atom is 0.272 e. The fourth-order valence-electron chi connectivity index (χ4n) is 2.67. The quantitative estimate of drug-likeness (QED) is 0.339. The van der Waals surface area contributed by atoms with Crippen molar-refractivity contribution in [3.63, 3.8) is 0 Å². The number of anilines is 1. The Morgan fingerprint density at radius 2 is 2.08 bits per heavy atom. The number of fused-ring (bicyclic) bond motifs is 3. The molecule has 0 spiro atoms. The topological polar surface area (TPSA) is 106 Å². The average Bonchev–Trinajstić information content (AvgIpc) is 3.02. The van der Waals surface area contributed by atoms with Gasteiger partial charge in [-0.2, -0.15) is 5.10 Å². The molecule has 8 nitrogen and oxygen atoms in total. The van der Waals surface area contributed by atoms with Gasteiger partial charge in [-0.25, -0.2) is 9.97 Å². The van der Waals surface area contributed by atoms with E-state index in [1.54, 1.807) is 19.1 Å². The molecule has 0 saturated carbocycles. The molecule has 0 aliphatic heterocycles. The predicted molar refractivity (Wildman–Crippen MR) is 98.4 cm³/mol. The van der Waals surface area contributed by atoms with Crippen LogP contribution in [0.2, 0.25) is 0 Å². The summed E-state index contributed by atoms with van der Waals surface area (Å²) in [6, 6.07) is 12.5. The van der Waals surface area contributed by atoms with Gasteiger partial charge in [0.15, 0.2) is 11.4 Å². The largest absolute Gasteiger partial charge is 0.450 e. The maximum atomic E-state index is 11.0. The number of rotatable bonds is 4. The van der Waals surface area contributed by atoms with E-state index in [4.69, 9.17) is 4.42 Å². The third-order valence-electron chi connectivity index (χ3n) is 3.97. The van der Waals surface area contributed by atoms with Crippen LogP contribution in [0.1, 0.15) is 11.1 Å². The highest BCUT2D eigenvalue weighted by molar-refractivity contribution is 6.05.